The second-order valence-corrected chi connectivity index (χ2v) is 7.34. The van der Waals surface area contributed by atoms with Crippen LogP contribution in [0.5, 0.6) is 5.75 Å². The molecule has 5 nitrogen and oxygen atoms in total. The van der Waals surface area contributed by atoms with Gasteiger partial charge in [0, 0.05) is 11.6 Å². The van der Waals surface area contributed by atoms with Gasteiger partial charge >= 0.3 is 0 Å². The van der Waals surface area contributed by atoms with E-state index in [0.717, 1.165) is 17.9 Å². The summed E-state index contributed by atoms with van der Waals surface area (Å²) in [6.45, 7) is 4.58. The number of benzene rings is 1. The highest BCUT2D eigenvalue weighted by molar-refractivity contribution is 6.00. The van der Waals surface area contributed by atoms with Crippen LogP contribution in [-0.2, 0) is 9.53 Å². The van der Waals surface area contributed by atoms with E-state index in [4.69, 9.17) is 9.47 Å². The van der Waals surface area contributed by atoms with Gasteiger partial charge in [-0.1, -0.05) is 0 Å². The van der Waals surface area contributed by atoms with Crippen molar-refractivity contribution in [3.63, 3.8) is 0 Å². The second-order valence-electron chi connectivity index (χ2n) is 7.34. The molecule has 5 rings (SSSR count). The Labute approximate surface area is 135 Å². The van der Waals surface area contributed by atoms with Crippen molar-refractivity contribution < 1.29 is 19.4 Å². The van der Waals surface area contributed by atoms with Crippen LogP contribution in [0.3, 0.4) is 0 Å². The third-order valence-corrected chi connectivity index (χ3v) is 6.40. The minimum Gasteiger partial charge on any atom is -0.494 e. The van der Waals surface area contributed by atoms with Gasteiger partial charge in [-0.05, 0) is 56.4 Å². The number of aliphatic hydroxyl groups is 1. The summed E-state index contributed by atoms with van der Waals surface area (Å²) in [6.07, 6.45) is 0.346. The van der Waals surface area contributed by atoms with Gasteiger partial charge in [-0.25, -0.2) is 0 Å². The number of nitrogens with zero attached hydrogens (tertiary/aromatic N) is 1. The van der Waals surface area contributed by atoms with Crippen LogP contribution in [0.4, 0.5) is 5.69 Å². The van der Waals surface area contributed by atoms with Gasteiger partial charge in [-0.15, -0.1) is 0 Å². The summed E-state index contributed by atoms with van der Waals surface area (Å²) in [6, 6.07) is 7.64. The molecule has 2 heterocycles. The molecule has 2 saturated carbocycles. The Kier molecular flexibility index (Phi) is 2.57. The quantitative estimate of drug-likeness (QED) is 0.924. The first-order valence-corrected chi connectivity index (χ1v) is 8.49. The standard InChI is InChI=1S/C18H21NO4/c1-3-22-10-6-4-9(5-7-10)19-17(21)13-11-8-12-14(13)18(19,2)23-16(12)15(11)20/h4-7,11-16,20H,3,8H2,1-2H3/t11-,12-,13-,14-,15-,16+,18-/m1/s1. The summed E-state index contributed by atoms with van der Waals surface area (Å²) in [5.41, 5.74) is 0.223. The molecule has 2 aliphatic heterocycles. The Morgan fingerprint density at radius 2 is 2.09 bits per heavy atom. The van der Waals surface area contributed by atoms with Crippen molar-refractivity contribution in [2.45, 2.75) is 38.2 Å². The number of carbonyl (C=O) groups is 1. The van der Waals surface area contributed by atoms with Gasteiger partial charge in [0.2, 0.25) is 5.91 Å². The molecule has 5 heteroatoms. The molecule has 1 amide bonds. The molecule has 7 atom stereocenters. The summed E-state index contributed by atoms with van der Waals surface area (Å²) in [4.78, 5) is 14.9. The van der Waals surface area contributed by atoms with Gasteiger partial charge in [0.05, 0.1) is 24.7 Å². The molecule has 2 aliphatic carbocycles. The lowest BCUT2D eigenvalue weighted by molar-refractivity contribution is -0.131. The van der Waals surface area contributed by atoms with Gasteiger partial charge < -0.3 is 14.6 Å². The minimum atomic E-state index is -0.629. The SMILES string of the molecule is CCOc1ccc(N2C(=O)[C@@H]3[C@H]4C[C@H]5[C@H](O[C@]2(C)[C@H]53)[C@@H]4O)cc1. The fourth-order valence-electron chi connectivity index (χ4n) is 5.72. The van der Waals surface area contributed by atoms with Crippen molar-refractivity contribution in [1.82, 2.24) is 0 Å². The molecule has 122 valence electrons. The molecule has 0 unspecified atom stereocenters. The first-order valence-electron chi connectivity index (χ1n) is 8.49. The molecule has 23 heavy (non-hydrogen) atoms. The first-order chi connectivity index (χ1) is 11.1. The smallest absolute Gasteiger partial charge is 0.233 e. The number of amides is 1. The second kappa shape index (κ2) is 4.28. The number of carbonyl (C=O) groups excluding carboxylic acids is 1. The normalized spacial score (nSPS) is 46.0. The third kappa shape index (κ3) is 1.48. The zero-order valence-electron chi connectivity index (χ0n) is 13.3. The van der Waals surface area contributed by atoms with Crippen LogP contribution >= 0.6 is 0 Å². The van der Waals surface area contributed by atoms with Crippen molar-refractivity contribution in [2.24, 2.45) is 23.7 Å². The van der Waals surface area contributed by atoms with E-state index in [1.807, 2.05) is 43.0 Å². The molecule has 1 aromatic carbocycles. The van der Waals surface area contributed by atoms with Crippen LogP contribution in [0.15, 0.2) is 24.3 Å². The maximum atomic E-state index is 13.1. The highest BCUT2D eigenvalue weighted by atomic mass is 16.6. The summed E-state index contributed by atoms with van der Waals surface area (Å²) < 4.78 is 11.8. The van der Waals surface area contributed by atoms with E-state index in [2.05, 4.69) is 0 Å². The number of hydrogen-bond donors (Lipinski definition) is 1. The third-order valence-electron chi connectivity index (χ3n) is 6.40. The van der Waals surface area contributed by atoms with Crippen molar-refractivity contribution in [3.8, 4) is 5.75 Å². The maximum Gasteiger partial charge on any atom is 0.233 e. The van der Waals surface area contributed by atoms with Gasteiger partial charge in [-0.3, -0.25) is 9.69 Å². The molecular formula is C18H21NO4. The zero-order valence-corrected chi connectivity index (χ0v) is 13.3. The minimum absolute atomic E-state index is 0.0667. The molecule has 2 bridgehead atoms. The maximum absolute atomic E-state index is 13.1. The van der Waals surface area contributed by atoms with Crippen LogP contribution < -0.4 is 9.64 Å². The summed E-state index contributed by atoms with van der Waals surface area (Å²) >= 11 is 0. The van der Waals surface area contributed by atoms with E-state index < -0.39 is 11.8 Å². The van der Waals surface area contributed by atoms with Crippen molar-refractivity contribution >= 4 is 11.6 Å². The molecule has 0 radical (unpaired) electrons. The van der Waals surface area contributed by atoms with Gasteiger partial charge in [0.15, 0.2) is 0 Å². The Balaban J connectivity index is 1.55. The fraction of sp³-hybridized carbons (Fsp3) is 0.611. The lowest BCUT2D eigenvalue weighted by Gasteiger charge is -2.36. The predicted molar refractivity (Wildman–Crippen MR) is 83.0 cm³/mol. The fourth-order valence-corrected chi connectivity index (χ4v) is 5.72. The van der Waals surface area contributed by atoms with Crippen LogP contribution in [-0.4, -0.2) is 35.6 Å². The number of rotatable bonds is 3. The average Bonchev–Trinajstić information content (AvgIpc) is 3.18. The van der Waals surface area contributed by atoms with Gasteiger partial charge in [-0.2, -0.15) is 0 Å². The molecule has 2 saturated heterocycles. The first kappa shape index (κ1) is 13.8. The van der Waals surface area contributed by atoms with E-state index in [0.29, 0.717) is 12.5 Å². The number of hydrogen-bond acceptors (Lipinski definition) is 4. The highest BCUT2D eigenvalue weighted by Crippen LogP contribution is 2.67. The zero-order chi connectivity index (χ0) is 15.9. The largest absolute Gasteiger partial charge is 0.494 e. The van der Waals surface area contributed by atoms with E-state index in [-0.39, 0.29) is 29.8 Å². The van der Waals surface area contributed by atoms with Crippen molar-refractivity contribution in [3.05, 3.63) is 24.3 Å². The summed E-state index contributed by atoms with van der Waals surface area (Å²) in [5, 5.41) is 10.4. The highest BCUT2D eigenvalue weighted by Gasteiger charge is 2.77. The molecule has 0 aromatic heterocycles. The van der Waals surface area contributed by atoms with Gasteiger partial charge in [0.25, 0.3) is 0 Å². The predicted octanol–water partition coefficient (Wildman–Crippen LogP) is 1.79. The monoisotopic (exact) mass is 315 g/mol. The number of fused-ring (bicyclic) bond motifs is 2. The lowest BCUT2D eigenvalue weighted by atomic mass is 9.77. The van der Waals surface area contributed by atoms with Crippen LogP contribution in [0.1, 0.15) is 20.3 Å². The number of anilines is 1. The Morgan fingerprint density at radius 1 is 1.35 bits per heavy atom. The van der Waals surface area contributed by atoms with Crippen molar-refractivity contribution in [1.29, 1.82) is 0 Å². The lowest BCUT2D eigenvalue weighted by Crippen LogP contribution is -2.49. The number of ether oxygens (including phenoxy) is 2. The van der Waals surface area contributed by atoms with E-state index >= 15 is 0 Å². The Morgan fingerprint density at radius 3 is 2.78 bits per heavy atom. The topological polar surface area (TPSA) is 59.0 Å². The van der Waals surface area contributed by atoms with Crippen LogP contribution in [0, 0.1) is 23.7 Å². The number of aliphatic hydroxyl groups excluding tert-OH is 1. The van der Waals surface area contributed by atoms with Gasteiger partial charge in [0.1, 0.15) is 11.5 Å². The van der Waals surface area contributed by atoms with E-state index in [1.165, 1.54) is 0 Å². The molecular weight excluding hydrogens is 294 g/mol. The molecule has 0 spiro atoms. The van der Waals surface area contributed by atoms with E-state index in [1.54, 1.807) is 0 Å². The molecule has 4 aliphatic rings. The molecule has 1 aromatic rings. The van der Waals surface area contributed by atoms with Crippen molar-refractivity contribution in [2.75, 3.05) is 11.5 Å². The Hall–Kier alpha value is -1.59. The summed E-state index contributed by atoms with van der Waals surface area (Å²) in [5.74, 6) is 1.41. The molecule has 1 N–H and O–H groups in total. The van der Waals surface area contributed by atoms with Crippen LogP contribution in [0.2, 0.25) is 0 Å². The average molecular weight is 315 g/mol. The van der Waals surface area contributed by atoms with Crippen LogP contribution in [0.25, 0.3) is 0 Å². The molecule has 4 fully saturated rings. The Bertz CT molecular complexity index is 674. The summed E-state index contributed by atoms with van der Waals surface area (Å²) in [7, 11) is 0. The van der Waals surface area contributed by atoms with E-state index in [9.17, 15) is 9.90 Å².